The minimum atomic E-state index is -0.508. The van der Waals surface area contributed by atoms with Crippen molar-refractivity contribution in [3.8, 4) is 10.6 Å². The van der Waals surface area contributed by atoms with Gasteiger partial charge in [0.25, 0.3) is 5.91 Å². The van der Waals surface area contributed by atoms with Gasteiger partial charge in [-0.3, -0.25) is 14.8 Å². The molecule has 0 fully saturated rings. The van der Waals surface area contributed by atoms with E-state index in [0.717, 1.165) is 16.3 Å². The third kappa shape index (κ3) is 5.43. The summed E-state index contributed by atoms with van der Waals surface area (Å²) in [6.07, 6.45) is 6.84. The van der Waals surface area contributed by atoms with Crippen LogP contribution in [0.3, 0.4) is 0 Å². The second-order valence-corrected chi connectivity index (χ2v) is 5.84. The Morgan fingerprint density at radius 1 is 1.16 bits per heavy atom. The molecule has 0 radical (unpaired) electrons. The zero-order chi connectivity index (χ0) is 18.1. The molecule has 6 nitrogen and oxygen atoms in total. The van der Waals surface area contributed by atoms with Gasteiger partial charge < -0.3 is 16.2 Å². The lowest BCUT2D eigenvalue weighted by Gasteiger charge is -1.92. The molecule has 4 N–H and O–H groups in total. The number of methoxy groups -OCH3 is 1. The molecule has 0 aromatic carbocycles. The molecule has 25 heavy (non-hydrogen) atoms. The van der Waals surface area contributed by atoms with Crippen molar-refractivity contribution in [1.29, 1.82) is 0 Å². The van der Waals surface area contributed by atoms with Gasteiger partial charge in [0.15, 0.2) is 0 Å². The molecule has 0 spiro atoms. The van der Waals surface area contributed by atoms with E-state index in [9.17, 15) is 4.79 Å². The summed E-state index contributed by atoms with van der Waals surface area (Å²) in [4.78, 5) is 20.1. The maximum atomic E-state index is 11.0. The van der Waals surface area contributed by atoms with Crippen LogP contribution in [0.1, 0.15) is 16.1 Å². The van der Waals surface area contributed by atoms with Gasteiger partial charge >= 0.3 is 0 Å². The minimum absolute atomic E-state index is 0.362. The molecule has 3 rings (SSSR count). The van der Waals surface area contributed by atoms with Crippen molar-refractivity contribution >= 4 is 28.3 Å². The maximum absolute atomic E-state index is 11.0. The largest absolute Gasteiger partial charge is 0.504 e. The first-order valence-electron chi connectivity index (χ1n) is 7.32. The Hall–Kier alpha value is -3.19. The number of nitrogen functional groups attached to an aromatic ring is 1. The molecule has 7 heteroatoms. The third-order valence-electron chi connectivity index (χ3n) is 3.01. The van der Waals surface area contributed by atoms with Crippen molar-refractivity contribution in [3.05, 3.63) is 72.4 Å². The van der Waals surface area contributed by atoms with Crippen LogP contribution in [0.25, 0.3) is 16.6 Å². The summed E-state index contributed by atoms with van der Waals surface area (Å²) in [7, 11) is 1.61. The van der Waals surface area contributed by atoms with E-state index in [-0.39, 0.29) is 0 Å². The summed E-state index contributed by atoms with van der Waals surface area (Å²) in [5.74, 6) is -0.508. The fourth-order valence-corrected chi connectivity index (χ4v) is 2.75. The number of primary amides is 1. The van der Waals surface area contributed by atoms with Crippen LogP contribution in [-0.4, -0.2) is 23.0 Å². The van der Waals surface area contributed by atoms with Crippen LogP contribution in [0.5, 0.6) is 0 Å². The summed E-state index contributed by atoms with van der Waals surface area (Å²) in [6.45, 7) is 0. The Morgan fingerprint density at radius 3 is 2.40 bits per heavy atom. The number of ether oxygens (including phenoxy) is 1. The molecule has 0 saturated heterocycles. The highest BCUT2D eigenvalue weighted by Gasteiger charge is 2.12. The molecular formula is C18H18N4O2S. The van der Waals surface area contributed by atoms with E-state index in [2.05, 4.69) is 9.97 Å². The van der Waals surface area contributed by atoms with E-state index >= 15 is 0 Å². The number of nitrogens with zero attached hydrogens (tertiary/aromatic N) is 2. The zero-order valence-electron chi connectivity index (χ0n) is 13.6. The molecule has 128 valence electrons. The summed E-state index contributed by atoms with van der Waals surface area (Å²) >= 11 is 1.31. The molecule has 3 aromatic heterocycles. The molecule has 0 aliphatic heterocycles. The second-order valence-electron chi connectivity index (χ2n) is 4.76. The standard InChI is InChI=1S/C10H9N3OS.C8H9NO/c11-9(14)6-5-8(15-10(6)12)7-3-1-2-4-13-7;1-10-7-5-8-4-2-3-6-9-8/h1-5H,12H2,(H2,11,14);2-7H,1H3/b;7-5+. The van der Waals surface area contributed by atoms with Crippen molar-refractivity contribution in [2.24, 2.45) is 5.73 Å². The average Bonchev–Trinajstić information content (AvgIpc) is 3.04. The topological polar surface area (TPSA) is 104 Å². The number of carbonyl (C=O) groups is 1. The minimum Gasteiger partial charge on any atom is -0.504 e. The highest BCUT2D eigenvalue weighted by atomic mass is 32.1. The van der Waals surface area contributed by atoms with Gasteiger partial charge in [-0.05, 0) is 36.4 Å². The summed E-state index contributed by atoms with van der Waals surface area (Å²) in [6, 6.07) is 13.0. The van der Waals surface area contributed by atoms with Crippen LogP contribution >= 0.6 is 11.3 Å². The van der Waals surface area contributed by atoms with E-state index in [0.29, 0.717) is 10.6 Å². The third-order valence-corrected chi connectivity index (χ3v) is 3.99. The SMILES string of the molecule is CO/C=C/c1ccccn1.NC(=O)c1cc(-c2ccccn2)sc1N. The zero-order valence-corrected chi connectivity index (χ0v) is 14.4. The fraction of sp³-hybridized carbons (Fsp3) is 0.0556. The Labute approximate surface area is 149 Å². The number of amides is 1. The van der Waals surface area contributed by atoms with Gasteiger partial charge in [-0.2, -0.15) is 0 Å². The van der Waals surface area contributed by atoms with Crippen LogP contribution < -0.4 is 11.5 Å². The summed E-state index contributed by atoms with van der Waals surface area (Å²) < 4.78 is 4.73. The number of aromatic nitrogens is 2. The predicted octanol–water partition coefficient (Wildman–Crippen LogP) is 3.19. The van der Waals surface area contributed by atoms with Gasteiger partial charge in [-0.15, -0.1) is 11.3 Å². The lowest BCUT2D eigenvalue weighted by Crippen LogP contribution is -2.11. The Bertz CT molecular complexity index is 833. The number of pyridine rings is 2. The van der Waals surface area contributed by atoms with Crippen molar-refractivity contribution in [2.45, 2.75) is 0 Å². The molecule has 1 amide bonds. The van der Waals surface area contributed by atoms with Crippen molar-refractivity contribution in [3.63, 3.8) is 0 Å². The number of anilines is 1. The number of thiophene rings is 1. The molecule has 0 bridgehead atoms. The summed E-state index contributed by atoms with van der Waals surface area (Å²) in [5, 5.41) is 0.433. The van der Waals surface area contributed by atoms with Crippen molar-refractivity contribution in [1.82, 2.24) is 9.97 Å². The Morgan fingerprint density at radius 2 is 1.88 bits per heavy atom. The maximum Gasteiger partial charge on any atom is 0.251 e. The van der Waals surface area contributed by atoms with E-state index in [4.69, 9.17) is 16.2 Å². The first-order chi connectivity index (χ1) is 12.1. The van der Waals surface area contributed by atoms with Crippen molar-refractivity contribution in [2.75, 3.05) is 12.8 Å². The molecular weight excluding hydrogens is 336 g/mol. The van der Waals surface area contributed by atoms with E-state index in [1.807, 2.05) is 36.4 Å². The normalized spacial score (nSPS) is 10.1. The van der Waals surface area contributed by atoms with E-state index in [1.165, 1.54) is 11.3 Å². The molecule has 0 aliphatic carbocycles. The van der Waals surface area contributed by atoms with Crippen LogP contribution in [0, 0.1) is 0 Å². The Balaban J connectivity index is 0.000000196. The molecule has 0 aliphatic rings. The number of carbonyl (C=O) groups excluding carboxylic acids is 1. The van der Waals surface area contributed by atoms with Gasteiger partial charge in [-0.1, -0.05) is 12.1 Å². The Kier molecular flexibility index (Phi) is 6.67. The molecule has 0 saturated carbocycles. The predicted molar refractivity (Wildman–Crippen MR) is 101 cm³/mol. The van der Waals surface area contributed by atoms with Crippen LogP contribution in [0.2, 0.25) is 0 Å². The first-order valence-corrected chi connectivity index (χ1v) is 8.14. The molecule has 3 aromatic rings. The summed E-state index contributed by atoms with van der Waals surface area (Å²) in [5.41, 5.74) is 12.9. The second kappa shape index (κ2) is 9.19. The highest BCUT2D eigenvalue weighted by Crippen LogP contribution is 2.31. The van der Waals surface area contributed by atoms with Crippen LogP contribution in [-0.2, 0) is 4.74 Å². The molecule has 0 atom stereocenters. The monoisotopic (exact) mass is 354 g/mol. The smallest absolute Gasteiger partial charge is 0.251 e. The van der Waals surface area contributed by atoms with E-state index in [1.54, 1.807) is 37.9 Å². The number of hydrogen-bond acceptors (Lipinski definition) is 6. The number of rotatable bonds is 4. The lowest BCUT2D eigenvalue weighted by atomic mass is 10.2. The van der Waals surface area contributed by atoms with Gasteiger partial charge in [0.1, 0.15) is 0 Å². The highest BCUT2D eigenvalue weighted by molar-refractivity contribution is 7.19. The van der Waals surface area contributed by atoms with Crippen molar-refractivity contribution < 1.29 is 9.53 Å². The molecule has 0 unspecified atom stereocenters. The number of hydrogen-bond donors (Lipinski definition) is 2. The first kappa shape index (κ1) is 18.2. The fourth-order valence-electron chi connectivity index (χ4n) is 1.84. The molecule has 3 heterocycles. The van der Waals surface area contributed by atoms with Crippen LogP contribution in [0.4, 0.5) is 5.00 Å². The number of nitrogens with two attached hydrogens (primary N) is 2. The van der Waals surface area contributed by atoms with Gasteiger partial charge in [0, 0.05) is 12.4 Å². The van der Waals surface area contributed by atoms with E-state index < -0.39 is 5.91 Å². The lowest BCUT2D eigenvalue weighted by molar-refractivity contribution is 0.100. The van der Waals surface area contributed by atoms with Gasteiger partial charge in [-0.25, -0.2) is 0 Å². The quantitative estimate of drug-likeness (QED) is 0.700. The average molecular weight is 354 g/mol. The van der Waals surface area contributed by atoms with Crippen LogP contribution in [0.15, 0.2) is 61.1 Å². The van der Waals surface area contributed by atoms with Gasteiger partial charge in [0.2, 0.25) is 0 Å². The van der Waals surface area contributed by atoms with Gasteiger partial charge in [0.05, 0.1) is 40.2 Å².